The number of hydrogen-bond donors (Lipinski definition) is 1. The van der Waals surface area contributed by atoms with Crippen LogP contribution >= 0.6 is 0 Å². The van der Waals surface area contributed by atoms with Crippen molar-refractivity contribution in [2.24, 2.45) is 0 Å². The molecule has 5 heteroatoms. The van der Waals surface area contributed by atoms with E-state index in [0.29, 0.717) is 5.69 Å². The first kappa shape index (κ1) is 12.9. The van der Waals surface area contributed by atoms with E-state index in [1.54, 1.807) is 12.4 Å². The molecule has 0 unspecified atom stereocenters. The molecule has 2 heterocycles. The summed E-state index contributed by atoms with van der Waals surface area (Å²) in [4.78, 5) is 23.9. The van der Waals surface area contributed by atoms with Gasteiger partial charge in [-0.1, -0.05) is 18.2 Å². The molecule has 1 aromatic carbocycles. The molecule has 2 aromatic heterocycles. The van der Waals surface area contributed by atoms with Crippen molar-refractivity contribution in [2.75, 3.05) is 5.32 Å². The first-order valence-corrected chi connectivity index (χ1v) is 6.41. The van der Waals surface area contributed by atoms with Crippen LogP contribution in [-0.2, 0) is 0 Å². The average molecular weight is 276 g/mol. The standard InChI is InChI=1S/C16H12N4O/c21-16(15-11-18-8-9-19-15)20-14-5-3-12(4-6-14)13-2-1-7-17-10-13/h1-11H,(H,20,21). The zero-order valence-corrected chi connectivity index (χ0v) is 11.1. The van der Waals surface area contributed by atoms with E-state index in [9.17, 15) is 4.79 Å². The summed E-state index contributed by atoms with van der Waals surface area (Å²) in [6, 6.07) is 11.4. The van der Waals surface area contributed by atoms with Crippen LogP contribution in [0, 0.1) is 0 Å². The van der Waals surface area contributed by atoms with Crippen LogP contribution in [0.2, 0.25) is 0 Å². The summed E-state index contributed by atoms with van der Waals surface area (Å²) in [5.74, 6) is -0.280. The predicted molar refractivity (Wildman–Crippen MR) is 79.7 cm³/mol. The Hall–Kier alpha value is -3.08. The summed E-state index contributed by atoms with van der Waals surface area (Å²) in [6.45, 7) is 0. The molecular weight excluding hydrogens is 264 g/mol. The fourth-order valence-electron chi connectivity index (χ4n) is 1.89. The Morgan fingerprint density at radius 1 is 0.857 bits per heavy atom. The molecule has 3 aromatic rings. The van der Waals surface area contributed by atoms with E-state index in [4.69, 9.17) is 0 Å². The molecule has 21 heavy (non-hydrogen) atoms. The summed E-state index contributed by atoms with van der Waals surface area (Å²) in [5, 5.41) is 2.78. The smallest absolute Gasteiger partial charge is 0.275 e. The van der Waals surface area contributed by atoms with E-state index in [2.05, 4.69) is 20.3 Å². The molecule has 102 valence electrons. The molecule has 0 radical (unpaired) electrons. The number of pyridine rings is 1. The third kappa shape index (κ3) is 3.09. The number of benzene rings is 1. The van der Waals surface area contributed by atoms with Gasteiger partial charge < -0.3 is 5.32 Å². The van der Waals surface area contributed by atoms with Crippen LogP contribution in [0.3, 0.4) is 0 Å². The molecule has 0 aliphatic carbocycles. The monoisotopic (exact) mass is 276 g/mol. The largest absolute Gasteiger partial charge is 0.321 e. The average Bonchev–Trinajstić information content (AvgIpc) is 2.57. The van der Waals surface area contributed by atoms with Crippen LogP contribution < -0.4 is 5.32 Å². The number of amides is 1. The number of nitrogens with one attached hydrogen (secondary N) is 1. The van der Waals surface area contributed by atoms with Gasteiger partial charge in [-0.25, -0.2) is 4.98 Å². The SMILES string of the molecule is O=C(Nc1ccc(-c2cccnc2)cc1)c1cnccn1. The number of carbonyl (C=O) groups excluding carboxylic acids is 1. The van der Waals surface area contributed by atoms with Gasteiger partial charge in [-0.15, -0.1) is 0 Å². The van der Waals surface area contributed by atoms with Crippen LogP contribution in [0.25, 0.3) is 11.1 Å². The number of carbonyl (C=O) groups is 1. The Labute approximate surface area is 121 Å². The quantitative estimate of drug-likeness (QED) is 0.798. The Morgan fingerprint density at radius 2 is 1.67 bits per heavy atom. The van der Waals surface area contributed by atoms with Gasteiger partial charge in [0.25, 0.3) is 5.91 Å². The van der Waals surface area contributed by atoms with Gasteiger partial charge in [0.1, 0.15) is 5.69 Å². The van der Waals surface area contributed by atoms with Crippen LogP contribution in [0.4, 0.5) is 5.69 Å². The topological polar surface area (TPSA) is 67.8 Å². The van der Waals surface area contributed by atoms with Crippen LogP contribution in [0.5, 0.6) is 0 Å². The number of hydrogen-bond acceptors (Lipinski definition) is 4. The lowest BCUT2D eigenvalue weighted by Crippen LogP contribution is -2.13. The van der Waals surface area contributed by atoms with Crippen molar-refractivity contribution in [3.63, 3.8) is 0 Å². The Bertz CT molecular complexity index is 727. The first-order chi connectivity index (χ1) is 10.3. The van der Waals surface area contributed by atoms with E-state index < -0.39 is 0 Å². The van der Waals surface area contributed by atoms with E-state index in [-0.39, 0.29) is 11.6 Å². The third-order valence-corrected chi connectivity index (χ3v) is 2.93. The third-order valence-electron chi connectivity index (χ3n) is 2.93. The van der Waals surface area contributed by atoms with Crippen LogP contribution in [0.1, 0.15) is 10.5 Å². The van der Waals surface area contributed by atoms with Crippen molar-refractivity contribution in [1.82, 2.24) is 15.0 Å². The molecule has 5 nitrogen and oxygen atoms in total. The molecule has 3 rings (SSSR count). The van der Waals surface area contributed by atoms with Crippen LogP contribution in [-0.4, -0.2) is 20.9 Å². The number of anilines is 1. The Morgan fingerprint density at radius 3 is 2.33 bits per heavy atom. The van der Waals surface area contributed by atoms with E-state index in [1.807, 2.05) is 36.4 Å². The fourth-order valence-corrected chi connectivity index (χ4v) is 1.89. The zero-order valence-electron chi connectivity index (χ0n) is 11.1. The number of rotatable bonds is 3. The molecule has 0 saturated carbocycles. The van der Waals surface area contributed by atoms with Crippen molar-refractivity contribution in [2.45, 2.75) is 0 Å². The second-order valence-corrected chi connectivity index (χ2v) is 4.36. The molecule has 1 N–H and O–H groups in total. The van der Waals surface area contributed by atoms with E-state index >= 15 is 0 Å². The number of nitrogens with zero attached hydrogens (tertiary/aromatic N) is 3. The van der Waals surface area contributed by atoms with Crippen LogP contribution in [0.15, 0.2) is 67.4 Å². The minimum absolute atomic E-state index is 0.280. The lowest BCUT2D eigenvalue weighted by molar-refractivity contribution is 0.102. The predicted octanol–water partition coefficient (Wildman–Crippen LogP) is 2.79. The highest BCUT2D eigenvalue weighted by Gasteiger charge is 2.07. The summed E-state index contributed by atoms with van der Waals surface area (Å²) in [5.41, 5.74) is 3.07. The van der Waals surface area contributed by atoms with Gasteiger partial charge in [-0.2, -0.15) is 0 Å². The minimum Gasteiger partial charge on any atom is -0.321 e. The van der Waals surface area contributed by atoms with Gasteiger partial charge in [0.05, 0.1) is 6.20 Å². The maximum atomic E-state index is 11.9. The summed E-state index contributed by atoms with van der Waals surface area (Å²) in [6.07, 6.45) is 7.98. The fraction of sp³-hybridized carbons (Fsp3) is 0. The van der Waals surface area contributed by atoms with Gasteiger partial charge in [-0.05, 0) is 29.3 Å². The van der Waals surface area contributed by atoms with Crippen molar-refractivity contribution < 1.29 is 4.79 Å². The van der Waals surface area contributed by atoms with Crippen molar-refractivity contribution in [1.29, 1.82) is 0 Å². The highest BCUT2D eigenvalue weighted by molar-refractivity contribution is 6.02. The van der Waals surface area contributed by atoms with Gasteiger partial charge in [0, 0.05) is 30.5 Å². The molecule has 0 aliphatic heterocycles. The molecule has 0 saturated heterocycles. The van der Waals surface area contributed by atoms with Crippen molar-refractivity contribution >= 4 is 11.6 Å². The van der Waals surface area contributed by atoms with Gasteiger partial charge in [0.15, 0.2) is 0 Å². The van der Waals surface area contributed by atoms with Gasteiger partial charge >= 0.3 is 0 Å². The van der Waals surface area contributed by atoms with Gasteiger partial charge in [-0.3, -0.25) is 14.8 Å². The Kier molecular flexibility index (Phi) is 3.64. The molecule has 0 spiro atoms. The summed E-state index contributed by atoms with van der Waals surface area (Å²) < 4.78 is 0. The highest BCUT2D eigenvalue weighted by atomic mass is 16.1. The maximum Gasteiger partial charge on any atom is 0.275 e. The lowest BCUT2D eigenvalue weighted by Gasteiger charge is -2.06. The summed E-state index contributed by atoms with van der Waals surface area (Å²) >= 11 is 0. The molecule has 0 bridgehead atoms. The normalized spacial score (nSPS) is 10.1. The van der Waals surface area contributed by atoms with Crippen molar-refractivity contribution in [3.8, 4) is 11.1 Å². The molecule has 0 atom stereocenters. The molecular formula is C16H12N4O. The molecule has 1 amide bonds. The summed E-state index contributed by atoms with van der Waals surface area (Å²) in [7, 11) is 0. The van der Waals surface area contributed by atoms with Crippen molar-refractivity contribution in [3.05, 3.63) is 73.1 Å². The van der Waals surface area contributed by atoms with Gasteiger partial charge in [0.2, 0.25) is 0 Å². The second kappa shape index (κ2) is 5.92. The number of aromatic nitrogens is 3. The highest BCUT2D eigenvalue weighted by Crippen LogP contribution is 2.20. The van der Waals surface area contributed by atoms with E-state index in [1.165, 1.54) is 18.6 Å². The zero-order chi connectivity index (χ0) is 14.5. The Balaban J connectivity index is 1.75. The lowest BCUT2D eigenvalue weighted by atomic mass is 10.1. The maximum absolute atomic E-state index is 11.9. The van der Waals surface area contributed by atoms with E-state index in [0.717, 1.165) is 11.1 Å². The minimum atomic E-state index is -0.280. The molecule has 0 aliphatic rings. The first-order valence-electron chi connectivity index (χ1n) is 6.41. The molecule has 0 fully saturated rings. The second-order valence-electron chi connectivity index (χ2n) is 4.36.